The third kappa shape index (κ3) is 8.32. The maximum Gasteiger partial charge on any atom is 0.410 e. The minimum atomic E-state index is -0.393. The summed E-state index contributed by atoms with van der Waals surface area (Å²) in [6.07, 6.45) is 0.905. The van der Waals surface area contributed by atoms with Crippen molar-refractivity contribution in [2.24, 2.45) is 0 Å². The summed E-state index contributed by atoms with van der Waals surface area (Å²) in [5.41, 5.74) is 0.684. The maximum absolute atomic E-state index is 12.4. The molecule has 0 aromatic heterocycles. The van der Waals surface area contributed by atoms with Gasteiger partial charge in [0.2, 0.25) is 5.91 Å². The van der Waals surface area contributed by atoms with Crippen molar-refractivity contribution in [3.63, 3.8) is 0 Å². The third-order valence-electron chi connectivity index (χ3n) is 5.00. The molecule has 0 radical (unpaired) electrons. The lowest BCUT2D eigenvalue weighted by Crippen LogP contribution is -2.49. The highest BCUT2D eigenvalue weighted by Gasteiger charge is 2.34. The van der Waals surface area contributed by atoms with Gasteiger partial charge in [0.05, 0.1) is 6.04 Å². The van der Waals surface area contributed by atoms with Crippen LogP contribution in [0.25, 0.3) is 0 Å². The zero-order valence-electron chi connectivity index (χ0n) is 18.4. The molecule has 1 saturated heterocycles. The van der Waals surface area contributed by atoms with Crippen LogP contribution in [0.5, 0.6) is 0 Å². The first-order chi connectivity index (χ1) is 14.6. The molecule has 1 fully saturated rings. The van der Waals surface area contributed by atoms with E-state index in [0.29, 0.717) is 13.0 Å². The molecule has 2 atom stereocenters. The predicted molar refractivity (Wildman–Crippen MR) is 123 cm³/mol. The van der Waals surface area contributed by atoms with Gasteiger partial charge < -0.3 is 15.0 Å². The highest BCUT2D eigenvalue weighted by molar-refractivity contribution is 9.10. The number of cyclic esters (lactones) is 1. The number of hydrogen-bond acceptors (Lipinski definition) is 3. The van der Waals surface area contributed by atoms with E-state index in [1.807, 2.05) is 45.0 Å². The van der Waals surface area contributed by atoms with Gasteiger partial charge in [0, 0.05) is 36.3 Å². The highest BCUT2D eigenvalue weighted by atomic mass is 79.9. The minimum Gasteiger partial charge on any atom is -0.446 e. The Morgan fingerprint density at radius 3 is 2.32 bits per heavy atom. The zero-order valence-corrected chi connectivity index (χ0v) is 20.0. The van der Waals surface area contributed by atoms with E-state index < -0.39 is 5.54 Å². The lowest BCUT2D eigenvalue weighted by Gasteiger charge is -2.38. The van der Waals surface area contributed by atoms with E-state index in [9.17, 15) is 14.0 Å². The Morgan fingerprint density at radius 2 is 1.84 bits per heavy atom. The first-order valence-electron chi connectivity index (χ1n) is 10.3. The van der Waals surface area contributed by atoms with Crippen molar-refractivity contribution in [3.8, 4) is 0 Å². The number of benzene rings is 2. The Kier molecular flexibility index (Phi) is 9.04. The van der Waals surface area contributed by atoms with Crippen LogP contribution in [0.15, 0.2) is 59.1 Å². The number of carbonyl (C=O) groups is 2. The molecule has 0 aliphatic carbocycles. The molecule has 31 heavy (non-hydrogen) atoms. The monoisotopic (exact) mass is 492 g/mol. The Bertz CT molecular complexity index is 859. The lowest BCUT2D eigenvalue weighted by atomic mass is 9.94. The molecule has 7 heteroatoms. The van der Waals surface area contributed by atoms with Gasteiger partial charge in [-0.1, -0.05) is 46.3 Å². The van der Waals surface area contributed by atoms with E-state index in [1.54, 1.807) is 23.1 Å². The first kappa shape index (κ1) is 24.9. The molecular formula is C24H30BrFN2O3. The van der Waals surface area contributed by atoms with Crippen molar-refractivity contribution in [3.05, 3.63) is 70.5 Å². The summed E-state index contributed by atoms with van der Waals surface area (Å²) in [6.45, 7) is 8.04. The summed E-state index contributed by atoms with van der Waals surface area (Å²) in [7, 11) is 0. The van der Waals surface area contributed by atoms with E-state index in [0.717, 1.165) is 16.5 Å². The van der Waals surface area contributed by atoms with Gasteiger partial charge in [-0.05, 0) is 50.6 Å². The van der Waals surface area contributed by atoms with Crippen molar-refractivity contribution >= 4 is 27.9 Å². The molecule has 0 bridgehead atoms. The maximum atomic E-state index is 12.4. The molecule has 2 aromatic rings. The molecule has 2 unspecified atom stereocenters. The van der Waals surface area contributed by atoms with Crippen LogP contribution in [0.2, 0.25) is 0 Å². The van der Waals surface area contributed by atoms with Crippen LogP contribution in [0.1, 0.15) is 52.1 Å². The van der Waals surface area contributed by atoms with Crippen LogP contribution in [0, 0.1) is 5.82 Å². The Hall–Kier alpha value is -2.41. The zero-order chi connectivity index (χ0) is 23.0. The van der Waals surface area contributed by atoms with Crippen LogP contribution < -0.4 is 5.32 Å². The van der Waals surface area contributed by atoms with E-state index in [-0.39, 0.29) is 30.0 Å². The second kappa shape index (κ2) is 11.3. The number of nitrogens with one attached hydrogen (secondary N) is 1. The summed E-state index contributed by atoms with van der Waals surface area (Å²) in [5, 5.41) is 2.90. The van der Waals surface area contributed by atoms with E-state index in [4.69, 9.17) is 4.74 Å². The number of rotatable bonds is 5. The standard InChI is InChI=1S/C18H25BrN2O3.C6H5F/c1-12(14-5-7-15(19)8-6-14)21-10-9-16(24-17(21)23)11-18(3,4)20-13(2)22;7-6-4-2-1-3-5-6/h5-8,12,16H,9-11H2,1-4H3,(H,20,22);1-5H. The molecule has 5 nitrogen and oxygen atoms in total. The molecule has 0 spiro atoms. The fourth-order valence-electron chi connectivity index (χ4n) is 3.57. The van der Waals surface area contributed by atoms with Crippen LogP contribution >= 0.6 is 15.9 Å². The quantitative estimate of drug-likeness (QED) is 0.569. The highest BCUT2D eigenvalue weighted by Crippen LogP contribution is 2.28. The first-order valence-corrected chi connectivity index (χ1v) is 11.1. The third-order valence-corrected chi connectivity index (χ3v) is 5.53. The number of hydrogen-bond donors (Lipinski definition) is 1. The van der Waals surface area contributed by atoms with Crippen molar-refractivity contribution in [2.75, 3.05) is 6.54 Å². The molecule has 2 amide bonds. The van der Waals surface area contributed by atoms with Gasteiger partial charge >= 0.3 is 6.09 Å². The van der Waals surface area contributed by atoms with Gasteiger partial charge in [0.15, 0.2) is 0 Å². The SMILES string of the molecule is CC(=O)NC(C)(C)CC1CCN(C(C)c2ccc(Br)cc2)C(=O)O1.Fc1ccccc1. The number of ether oxygens (including phenoxy) is 1. The van der Waals surface area contributed by atoms with E-state index >= 15 is 0 Å². The second-order valence-corrected chi connectivity index (χ2v) is 9.20. The summed E-state index contributed by atoms with van der Waals surface area (Å²) in [5.74, 6) is -0.255. The number of amides is 2. The second-order valence-electron chi connectivity index (χ2n) is 8.28. The number of halogens is 2. The number of nitrogens with zero attached hydrogens (tertiary/aromatic N) is 1. The summed E-state index contributed by atoms with van der Waals surface area (Å²) >= 11 is 3.42. The number of carbonyl (C=O) groups excluding carboxylic acids is 2. The van der Waals surface area contributed by atoms with Crippen LogP contribution in [0.3, 0.4) is 0 Å². The van der Waals surface area contributed by atoms with Gasteiger partial charge in [0.1, 0.15) is 11.9 Å². The predicted octanol–water partition coefficient (Wildman–Crippen LogP) is 5.85. The van der Waals surface area contributed by atoms with Gasteiger partial charge in [-0.2, -0.15) is 0 Å². The summed E-state index contributed by atoms with van der Waals surface area (Å²) < 4.78 is 18.5. The Balaban J connectivity index is 0.000000412. The topological polar surface area (TPSA) is 58.6 Å². The Labute approximate surface area is 192 Å². The van der Waals surface area contributed by atoms with Gasteiger partial charge in [0.25, 0.3) is 0 Å². The molecule has 0 saturated carbocycles. The van der Waals surface area contributed by atoms with E-state index in [1.165, 1.54) is 19.1 Å². The molecule has 168 valence electrons. The molecular weight excluding hydrogens is 463 g/mol. The average Bonchev–Trinajstić information content (AvgIpc) is 2.68. The normalized spacial score (nSPS) is 17.2. The Morgan fingerprint density at radius 1 is 1.23 bits per heavy atom. The van der Waals surface area contributed by atoms with Crippen molar-refractivity contribution in [2.45, 2.75) is 58.2 Å². The molecule has 1 N–H and O–H groups in total. The van der Waals surface area contributed by atoms with Crippen molar-refractivity contribution in [1.82, 2.24) is 10.2 Å². The molecule has 2 aromatic carbocycles. The molecule has 1 aliphatic rings. The van der Waals surface area contributed by atoms with Crippen LogP contribution in [0.4, 0.5) is 9.18 Å². The fraction of sp³-hybridized carbons (Fsp3) is 0.417. The van der Waals surface area contributed by atoms with E-state index in [2.05, 4.69) is 21.2 Å². The largest absolute Gasteiger partial charge is 0.446 e. The fourth-order valence-corrected chi connectivity index (χ4v) is 3.84. The van der Waals surface area contributed by atoms with Gasteiger partial charge in [-0.25, -0.2) is 9.18 Å². The van der Waals surface area contributed by atoms with Crippen molar-refractivity contribution in [1.29, 1.82) is 0 Å². The molecule has 1 aliphatic heterocycles. The van der Waals surface area contributed by atoms with Crippen molar-refractivity contribution < 1.29 is 18.7 Å². The smallest absolute Gasteiger partial charge is 0.410 e. The summed E-state index contributed by atoms with van der Waals surface area (Å²) in [6, 6.07) is 15.9. The average molecular weight is 493 g/mol. The molecule has 1 heterocycles. The van der Waals surface area contributed by atoms with Gasteiger partial charge in [-0.3, -0.25) is 4.79 Å². The minimum absolute atomic E-state index is 0.0325. The molecule has 3 rings (SSSR count). The van der Waals surface area contributed by atoms with Crippen LogP contribution in [-0.4, -0.2) is 35.1 Å². The summed E-state index contributed by atoms with van der Waals surface area (Å²) in [4.78, 5) is 25.4. The lowest BCUT2D eigenvalue weighted by molar-refractivity contribution is -0.120. The van der Waals surface area contributed by atoms with Gasteiger partial charge in [-0.15, -0.1) is 0 Å². The van der Waals surface area contributed by atoms with Crippen LogP contribution in [-0.2, 0) is 9.53 Å².